The number of nitriles is 3. The van der Waals surface area contributed by atoms with Crippen LogP contribution in [0, 0.1) is 128 Å². The van der Waals surface area contributed by atoms with Gasteiger partial charge in [0.2, 0.25) is 5.82 Å². The van der Waals surface area contributed by atoms with Crippen molar-refractivity contribution in [3.05, 3.63) is 132 Å². The fraction of sp³-hybridized carbons (Fsp3) is 0.176. The molecule has 0 bridgehead atoms. The number of carbonyl (C=O) groups is 1. The van der Waals surface area contributed by atoms with Gasteiger partial charge in [-0.2, -0.15) is 15.8 Å². The Balaban J connectivity index is 0.000000819. The third kappa shape index (κ3) is 12.5. The smallest absolute Gasteiger partial charge is 0.373 e. The van der Waals surface area contributed by atoms with E-state index < -0.39 is 104 Å². The van der Waals surface area contributed by atoms with E-state index in [1.165, 1.54) is 4.91 Å². The van der Waals surface area contributed by atoms with E-state index in [-0.39, 0.29) is 47.5 Å². The minimum absolute atomic E-state index is 0. The molecule has 0 atom stereocenters. The Morgan fingerprint density at radius 1 is 0.590 bits per heavy atom. The van der Waals surface area contributed by atoms with Gasteiger partial charge in [0.25, 0.3) is 0 Å². The topological polar surface area (TPSA) is 209 Å². The van der Waals surface area contributed by atoms with Crippen LogP contribution in [0.25, 0.3) is 27.3 Å². The van der Waals surface area contributed by atoms with Gasteiger partial charge in [-0.25, -0.2) is 66.4 Å². The molecule has 5 aromatic rings. The predicted octanol–water partition coefficient (Wildman–Crippen LogP) is 5.73. The number of benzene rings is 3. The first-order chi connectivity index (χ1) is 28.1. The number of terminal acetylenes is 1. The molecule has 312 valence electrons. The predicted molar refractivity (Wildman–Crippen MR) is 176 cm³/mol. The van der Waals surface area contributed by atoms with Crippen molar-refractivity contribution >= 4 is 6.29 Å². The molecule has 2 aromatic heterocycles. The Morgan fingerprint density at radius 2 is 0.869 bits per heavy atom. The van der Waals surface area contributed by atoms with Crippen LogP contribution in [0.3, 0.4) is 0 Å². The third-order valence-corrected chi connectivity index (χ3v) is 6.55. The summed E-state index contributed by atoms with van der Waals surface area (Å²) >= 11 is 0. The van der Waals surface area contributed by atoms with Crippen LogP contribution in [-0.4, -0.2) is 36.3 Å². The second-order valence-electron chi connectivity index (χ2n) is 11.1. The fourth-order valence-electron chi connectivity index (χ4n) is 3.63. The molecule has 0 saturated heterocycles. The standard InChI is InChI=1S/C12H8F4N4.C10H2F4N4O.C7F5N.C5H8.N3.Na/c1-5(2)7-4-20(19-18-7)12-10(15)8(13)6(3-17)9(14)11(12)16;11-6-5(1-15)7(12)9(14)10(8(6)13)18-2-4(3-19)16-17-18;8-3-2(1-13)4(9)6(11)7(12)5(3)10;1-4-5(2)3;1-3-2;/h4-5H,1-2H3;2-3H;;1,5H,2-3H3;;/q;;;;-1;+1. The van der Waals surface area contributed by atoms with E-state index in [1.807, 2.05) is 13.8 Å². The zero-order chi connectivity index (χ0) is 46.3. The van der Waals surface area contributed by atoms with Crippen LogP contribution in [0.4, 0.5) is 57.1 Å². The maximum atomic E-state index is 13.8. The Morgan fingerprint density at radius 3 is 1.11 bits per heavy atom. The molecule has 0 N–H and O–H groups in total. The molecule has 0 amide bonds. The molecular formula is C34H18F13N12NaO. The molecular weight excluding hydrogens is 862 g/mol. The molecule has 5 rings (SSSR count). The number of nitrogens with zero attached hydrogens (tertiary/aromatic N) is 12. The van der Waals surface area contributed by atoms with E-state index in [0.29, 0.717) is 21.0 Å². The third-order valence-electron chi connectivity index (χ3n) is 6.55. The van der Waals surface area contributed by atoms with Gasteiger partial charge in [0.15, 0.2) is 76.1 Å². The summed E-state index contributed by atoms with van der Waals surface area (Å²) in [6.45, 7) is 7.50. The van der Waals surface area contributed by atoms with E-state index in [2.05, 4.69) is 26.5 Å². The van der Waals surface area contributed by atoms with Crippen LogP contribution in [0.1, 0.15) is 66.5 Å². The molecule has 0 aliphatic rings. The normalized spacial score (nSPS) is 9.62. The van der Waals surface area contributed by atoms with Crippen LogP contribution in [0.2, 0.25) is 0 Å². The summed E-state index contributed by atoms with van der Waals surface area (Å²) in [4.78, 5) is 11.9. The first-order valence-corrected chi connectivity index (χ1v) is 15.3. The largest absolute Gasteiger partial charge is 1.00 e. The van der Waals surface area contributed by atoms with E-state index in [1.54, 1.807) is 13.8 Å². The van der Waals surface area contributed by atoms with Gasteiger partial charge in [0, 0.05) is 5.92 Å². The molecule has 61 heavy (non-hydrogen) atoms. The van der Waals surface area contributed by atoms with Gasteiger partial charge in [-0.15, -0.1) is 22.5 Å². The zero-order valence-corrected chi connectivity index (χ0v) is 33.2. The van der Waals surface area contributed by atoms with E-state index in [4.69, 9.17) is 33.3 Å². The Labute approximate surface area is 355 Å². The van der Waals surface area contributed by atoms with Crippen LogP contribution in [0.15, 0.2) is 12.4 Å². The number of carbonyl (C=O) groups excluding carboxylic acids is 1. The van der Waals surface area contributed by atoms with Gasteiger partial charge in [0.05, 0.1) is 18.1 Å². The molecule has 0 saturated carbocycles. The summed E-state index contributed by atoms with van der Waals surface area (Å²) in [6.07, 6.45) is 7.09. The quantitative estimate of drug-likeness (QED) is 0.0250. The zero-order valence-electron chi connectivity index (χ0n) is 31.2. The summed E-state index contributed by atoms with van der Waals surface area (Å²) in [5.41, 5.74) is 7.20. The molecule has 13 nitrogen and oxygen atoms in total. The molecule has 0 spiro atoms. The van der Waals surface area contributed by atoms with Gasteiger partial charge in [0.1, 0.15) is 52.0 Å². The number of aldehydes is 1. The molecule has 0 aliphatic heterocycles. The van der Waals surface area contributed by atoms with Crippen molar-refractivity contribution in [1.82, 2.24) is 30.0 Å². The van der Waals surface area contributed by atoms with E-state index in [0.717, 1.165) is 30.6 Å². The second-order valence-corrected chi connectivity index (χ2v) is 11.1. The molecule has 3 aromatic carbocycles. The van der Waals surface area contributed by atoms with E-state index >= 15 is 0 Å². The number of aromatic nitrogens is 6. The Hall–Kier alpha value is -6.96. The molecule has 0 unspecified atom stereocenters. The maximum Gasteiger partial charge on any atom is 1.00 e. The van der Waals surface area contributed by atoms with Crippen LogP contribution < -0.4 is 29.6 Å². The summed E-state index contributed by atoms with van der Waals surface area (Å²) in [5, 5.41) is 38.4. The molecule has 0 radical (unpaired) electrons. The minimum Gasteiger partial charge on any atom is -0.373 e. The van der Waals surface area contributed by atoms with Crippen molar-refractivity contribution < 1.29 is 91.4 Å². The monoisotopic (exact) mass is 880 g/mol. The van der Waals surface area contributed by atoms with Gasteiger partial charge < -0.3 is 11.1 Å². The number of halogens is 13. The van der Waals surface area contributed by atoms with Gasteiger partial charge in [-0.1, -0.05) is 38.1 Å². The number of hydrogen-bond donors (Lipinski definition) is 0. The molecule has 0 aliphatic carbocycles. The maximum absolute atomic E-state index is 13.8. The summed E-state index contributed by atoms with van der Waals surface area (Å²) in [6, 6.07) is 2.96. The molecule has 2 heterocycles. The average molecular weight is 881 g/mol. The van der Waals surface area contributed by atoms with E-state index in [9.17, 15) is 61.9 Å². The summed E-state index contributed by atoms with van der Waals surface area (Å²) in [5.74, 6) is -22.1. The Kier molecular flexibility index (Phi) is 21.4. The number of rotatable bonds is 4. The SMILES string of the molecule is C#CC(C)C.CC(C)c1cn(-c2c(F)c(F)c(C#N)c(F)c2F)nn1.N#Cc1c(F)c(F)c(-n2cc(C=O)nn2)c(F)c1F.N#Cc1c(F)c(F)c(F)c(F)c1F.[N-]=[N+]=[N-].[Na+]. The van der Waals surface area contributed by atoms with Crippen molar-refractivity contribution in [2.24, 2.45) is 5.92 Å². The van der Waals surface area contributed by atoms with Crippen LogP contribution in [0.5, 0.6) is 0 Å². The average Bonchev–Trinajstić information content (AvgIpc) is 3.91. The van der Waals surface area contributed by atoms with Gasteiger partial charge in [-0.05, 0) is 5.92 Å². The molecule has 27 heteroatoms. The minimum atomic E-state index is -2.27. The van der Waals surface area contributed by atoms with Crippen molar-refractivity contribution in [2.45, 2.75) is 33.6 Å². The van der Waals surface area contributed by atoms with Crippen molar-refractivity contribution in [3.63, 3.8) is 0 Å². The fourth-order valence-corrected chi connectivity index (χ4v) is 3.63. The Bertz CT molecular complexity index is 2530. The van der Waals surface area contributed by atoms with Crippen molar-refractivity contribution in [3.8, 4) is 41.9 Å². The van der Waals surface area contributed by atoms with Crippen LogP contribution >= 0.6 is 0 Å². The second kappa shape index (κ2) is 24.2. The molecule has 0 fully saturated rings. The van der Waals surface area contributed by atoms with Gasteiger partial charge >= 0.3 is 29.6 Å². The van der Waals surface area contributed by atoms with Crippen molar-refractivity contribution in [2.75, 3.05) is 0 Å². The van der Waals surface area contributed by atoms with Gasteiger partial charge in [-0.3, -0.25) is 9.71 Å². The van der Waals surface area contributed by atoms with Crippen LogP contribution in [-0.2, 0) is 0 Å². The first-order valence-electron chi connectivity index (χ1n) is 15.3. The summed E-state index contributed by atoms with van der Waals surface area (Å²) < 4.78 is 171. The number of hydrogen-bond acceptors (Lipinski definition) is 8. The first kappa shape index (κ1) is 54.0. The van der Waals surface area contributed by atoms with Crippen molar-refractivity contribution in [1.29, 1.82) is 15.8 Å². The summed E-state index contributed by atoms with van der Waals surface area (Å²) in [7, 11) is 0.